The van der Waals surface area contributed by atoms with Gasteiger partial charge >= 0.3 is 0 Å². The normalized spacial score (nSPS) is 11.5. The average molecular weight is 385 g/mol. The van der Waals surface area contributed by atoms with E-state index in [1.807, 2.05) is 24.3 Å². The summed E-state index contributed by atoms with van der Waals surface area (Å²) in [6.07, 6.45) is 0. The Morgan fingerprint density at radius 1 is 0.567 bits per heavy atom. The van der Waals surface area contributed by atoms with Crippen LogP contribution in [0.4, 0.5) is 0 Å². The first-order valence-corrected chi connectivity index (χ1v) is 10.2. The summed E-state index contributed by atoms with van der Waals surface area (Å²) in [7, 11) is 0. The van der Waals surface area contributed by atoms with E-state index < -0.39 is 0 Å². The van der Waals surface area contributed by atoms with Gasteiger partial charge in [0.1, 0.15) is 5.52 Å². The molecule has 0 bridgehead atoms. The highest BCUT2D eigenvalue weighted by atomic mass is 16.3. The summed E-state index contributed by atoms with van der Waals surface area (Å²) in [6, 6.07) is 33.7. The van der Waals surface area contributed by atoms with Crippen LogP contribution in [0.1, 0.15) is 5.56 Å². The molecule has 0 fully saturated rings. The first-order valence-electron chi connectivity index (χ1n) is 10.2. The van der Waals surface area contributed by atoms with Gasteiger partial charge in [0.25, 0.3) is 0 Å². The van der Waals surface area contributed by atoms with Crippen molar-refractivity contribution in [3.05, 3.63) is 103 Å². The van der Waals surface area contributed by atoms with Gasteiger partial charge in [0.15, 0.2) is 5.58 Å². The van der Waals surface area contributed by atoms with Crippen molar-refractivity contribution in [3.63, 3.8) is 0 Å². The van der Waals surface area contributed by atoms with Crippen molar-refractivity contribution in [2.75, 3.05) is 0 Å². The highest BCUT2D eigenvalue weighted by Crippen LogP contribution is 2.38. The average Bonchev–Trinajstić information content (AvgIpc) is 3.23. The van der Waals surface area contributed by atoms with E-state index in [4.69, 9.17) is 9.40 Å². The third-order valence-electron chi connectivity index (χ3n) is 5.94. The maximum Gasteiger partial charge on any atom is 0.227 e. The Labute approximate surface area is 174 Å². The standard InChI is InChI=1S/C28H19NO/c1-18-20-9-3-2-8-19(20)14-15-21(18)24-16-17-25(23-11-5-4-10-22(23)24)28-29-26-12-6-7-13-27(26)30-28/h2-17H,1H3. The van der Waals surface area contributed by atoms with Crippen LogP contribution in [0.25, 0.3) is 55.2 Å². The van der Waals surface area contributed by atoms with Crippen LogP contribution in [0.15, 0.2) is 101 Å². The monoisotopic (exact) mass is 385 g/mol. The zero-order valence-electron chi connectivity index (χ0n) is 16.6. The summed E-state index contributed by atoms with van der Waals surface area (Å²) < 4.78 is 6.08. The molecule has 142 valence electrons. The topological polar surface area (TPSA) is 26.0 Å². The minimum Gasteiger partial charge on any atom is -0.436 e. The van der Waals surface area contributed by atoms with Crippen LogP contribution in [0.5, 0.6) is 0 Å². The molecule has 0 atom stereocenters. The van der Waals surface area contributed by atoms with Crippen molar-refractivity contribution >= 4 is 32.6 Å². The molecule has 5 aromatic carbocycles. The number of para-hydroxylation sites is 2. The fourth-order valence-electron chi connectivity index (χ4n) is 4.43. The van der Waals surface area contributed by atoms with Crippen LogP contribution in [0, 0.1) is 6.92 Å². The van der Waals surface area contributed by atoms with Gasteiger partial charge in [0, 0.05) is 5.56 Å². The number of benzene rings is 5. The predicted molar refractivity (Wildman–Crippen MR) is 125 cm³/mol. The van der Waals surface area contributed by atoms with Gasteiger partial charge in [0.05, 0.1) is 0 Å². The number of rotatable bonds is 2. The fraction of sp³-hybridized carbons (Fsp3) is 0.0357. The molecule has 1 aromatic heterocycles. The highest BCUT2D eigenvalue weighted by Gasteiger charge is 2.15. The van der Waals surface area contributed by atoms with Gasteiger partial charge in [0.2, 0.25) is 5.89 Å². The summed E-state index contributed by atoms with van der Waals surface area (Å²) in [5.74, 6) is 0.661. The third-order valence-corrected chi connectivity index (χ3v) is 5.94. The summed E-state index contributed by atoms with van der Waals surface area (Å²) in [6.45, 7) is 2.21. The zero-order chi connectivity index (χ0) is 20.1. The largest absolute Gasteiger partial charge is 0.436 e. The second-order valence-electron chi connectivity index (χ2n) is 7.65. The van der Waals surface area contributed by atoms with Crippen LogP contribution in [-0.2, 0) is 0 Å². The van der Waals surface area contributed by atoms with Gasteiger partial charge < -0.3 is 4.42 Å². The molecule has 2 heteroatoms. The molecule has 0 saturated heterocycles. The number of oxazole rings is 1. The molecule has 6 aromatic rings. The second-order valence-corrected chi connectivity index (χ2v) is 7.65. The van der Waals surface area contributed by atoms with E-state index >= 15 is 0 Å². The molecule has 0 aliphatic rings. The number of nitrogens with zero attached hydrogens (tertiary/aromatic N) is 1. The van der Waals surface area contributed by atoms with Crippen molar-refractivity contribution in [3.8, 4) is 22.6 Å². The Bertz CT molecular complexity index is 1530. The van der Waals surface area contributed by atoms with E-state index in [-0.39, 0.29) is 0 Å². The van der Waals surface area contributed by atoms with Crippen molar-refractivity contribution in [2.45, 2.75) is 6.92 Å². The number of aromatic nitrogens is 1. The Morgan fingerprint density at radius 2 is 1.20 bits per heavy atom. The molecule has 6 rings (SSSR count). The Kier molecular flexibility index (Phi) is 3.72. The Morgan fingerprint density at radius 3 is 2.03 bits per heavy atom. The Hall–Kier alpha value is -3.91. The van der Waals surface area contributed by atoms with Gasteiger partial charge in [-0.05, 0) is 63.4 Å². The molecule has 30 heavy (non-hydrogen) atoms. The van der Waals surface area contributed by atoms with Gasteiger partial charge in [-0.2, -0.15) is 0 Å². The highest BCUT2D eigenvalue weighted by molar-refractivity contribution is 6.06. The number of hydrogen-bond acceptors (Lipinski definition) is 2. The van der Waals surface area contributed by atoms with Gasteiger partial charge in [-0.15, -0.1) is 0 Å². The number of fused-ring (bicyclic) bond motifs is 3. The summed E-state index contributed by atoms with van der Waals surface area (Å²) in [4.78, 5) is 4.73. The molecule has 0 aliphatic carbocycles. The van der Waals surface area contributed by atoms with Crippen molar-refractivity contribution in [2.24, 2.45) is 0 Å². The van der Waals surface area contributed by atoms with Crippen LogP contribution in [0.3, 0.4) is 0 Å². The number of hydrogen-bond donors (Lipinski definition) is 0. The summed E-state index contributed by atoms with van der Waals surface area (Å²) in [5, 5.41) is 4.91. The summed E-state index contributed by atoms with van der Waals surface area (Å²) >= 11 is 0. The molecule has 0 saturated carbocycles. The van der Waals surface area contributed by atoms with Crippen molar-refractivity contribution in [1.82, 2.24) is 4.98 Å². The molecule has 1 heterocycles. The van der Waals surface area contributed by atoms with Crippen LogP contribution < -0.4 is 0 Å². The third kappa shape index (κ3) is 2.54. The van der Waals surface area contributed by atoms with Crippen LogP contribution >= 0.6 is 0 Å². The zero-order valence-corrected chi connectivity index (χ0v) is 16.6. The molecule has 2 nitrogen and oxygen atoms in total. The maximum absolute atomic E-state index is 6.08. The van der Waals surface area contributed by atoms with E-state index in [2.05, 4.69) is 79.7 Å². The van der Waals surface area contributed by atoms with E-state index in [0.29, 0.717) is 5.89 Å². The van der Waals surface area contributed by atoms with E-state index in [1.54, 1.807) is 0 Å². The van der Waals surface area contributed by atoms with E-state index in [9.17, 15) is 0 Å². The predicted octanol–water partition coefficient (Wildman–Crippen LogP) is 7.78. The molecule has 0 radical (unpaired) electrons. The van der Waals surface area contributed by atoms with Crippen LogP contribution in [0.2, 0.25) is 0 Å². The van der Waals surface area contributed by atoms with Crippen LogP contribution in [-0.4, -0.2) is 4.98 Å². The SMILES string of the molecule is Cc1c(-c2ccc(-c3nc4ccccc4o3)c3ccccc23)ccc2ccccc12. The molecule has 0 amide bonds. The molecular formula is C28H19NO. The van der Waals surface area contributed by atoms with Gasteiger partial charge in [-0.3, -0.25) is 0 Å². The lowest BCUT2D eigenvalue weighted by atomic mass is 9.90. The molecule has 0 unspecified atom stereocenters. The van der Waals surface area contributed by atoms with E-state index in [1.165, 1.54) is 32.8 Å². The first kappa shape index (κ1) is 17.0. The Balaban J connectivity index is 1.61. The lowest BCUT2D eigenvalue weighted by Crippen LogP contribution is -1.89. The van der Waals surface area contributed by atoms with Gasteiger partial charge in [-0.25, -0.2) is 4.98 Å². The quantitative estimate of drug-likeness (QED) is 0.304. The van der Waals surface area contributed by atoms with Crippen molar-refractivity contribution < 1.29 is 4.42 Å². The molecule has 0 aliphatic heterocycles. The molecule has 0 spiro atoms. The van der Waals surface area contributed by atoms with Crippen molar-refractivity contribution in [1.29, 1.82) is 0 Å². The molecule has 0 N–H and O–H groups in total. The lowest BCUT2D eigenvalue weighted by molar-refractivity contribution is 0.620. The maximum atomic E-state index is 6.08. The summed E-state index contributed by atoms with van der Waals surface area (Å²) in [5.41, 5.74) is 6.50. The fourth-order valence-corrected chi connectivity index (χ4v) is 4.43. The minimum absolute atomic E-state index is 0.661. The lowest BCUT2D eigenvalue weighted by Gasteiger charge is -2.14. The van der Waals surface area contributed by atoms with Gasteiger partial charge in [-0.1, -0.05) is 78.9 Å². The molecular weight excluding hydrogens is 366 g/mol. The number of aryl methyl sites for hydroxylation is 1. The smallest absolute Gasteiger partial charge is 0.227 e. The van der Waals surface area contributed by atoms with E-state index in [0.717, 1.165) is 22.0 Å². The minimum atomic E-state index is 0.661. The second kappa shape index (κ2) is 6.57. The first-order chi connectivity index (χ1) is 14.8.